The fraction of sp³-hybridized carbons (Fsp3) is 0.571. The summed E-state index contributed by atoms with van der Waals surface area (Å²) in [7, 11) is 0. The van der Waals surface area contributed by atoms with E-state index in [2.05, 4.69) is 61.7 Å². The number of ether oxygens (including phenoxy) is 1. The van der Waals surface area contributed by atoms with Crippen molar-refractivity contribution in [3.05, 3.63) is 70.8 Å². The fourth-order valence-corrected chi connectivity index (χ4v) is 5.89. The number of amides is 1. The zero-order valence-corrected chi connectivity index (χ0v) is 26.3. The minimum Gasteiger partial charge on any atom is -0.492 e. The molecule has 2 aromatic carbocycles. The Balaban J connectivity index is 1.53. The first-order valence-corrected chi connectivity index (χ1v) is 16.6. The molecule has 3 rings (SSSR count). The molecule has 1 aliphatic rings. The summed E-state index contributed by atoms with van der Waals surface area (Å²) in [5.74, 6) is 1.55. The Bertz CT molecular complexity index is 1060. The SMILES string of the molecule is CCCCCCCCCCCCCCOc1c(C(=O)Nc2ccccc2CN2C=CSC2)cccc1C(C)(C)C. The summed E-state index contributed by atoms with van der Waals surface area (Å²) >= 11 is 1.78. The molecular formula is C35H52N2O2S. The third-order valence-electron chi connectivity index (χ3n) is 7.56. The highest BCUT2D eigenvalue weighted by Gasteiger charge is 2.24. The number of para-hydroxylation sites is 2. The van der Waals surface area contributed by atoms with Crippen molar-refractivity contribution in [2.75, 3.05) is 17.8 Å². The Labute approximate surface area is 248 Å². The lowest BCUT2D eigenvalue weighted by molar-refractivity contribution is 0.102. The number of thioether (sulfide) groups is 1. The normalized spacial score (nSPS) is 13.2. The van der Waals surface area contributed by atoms with Gasteiger partial charge >= 0.3 is 0 Å². The zero-order chi connectivity index (χ0) is 28.6. The van der Waals surface area contributed by atoms with Crippen LogP contribution in [-0.2, 0) is 12.0 Å². The molecule has 1 aliphatic heterocycles. The van der Waals surface area contributed by atoms with E-state index in [1.807, 2.05) is 30.3 Å². The van der Waals surface area contributed by atoms with Crippen molar-refractivity contribution < 1.29 is 9.53 Å². The lowest BCUT2D eigenvalue weighted by Gasteiger charge is -2.25. The summed E-state index contributed by atoms with van der Waals surface area (Å²) in [6.45, 7) is 10.2. The third-order valence-corrected chi connectivity index (χ3v) is 8.35. The first-order chi connectivity index (χ1) is 19.4. The van der Waals surface area contributed by atoms with Crippen LogP contribution in [0.5, 0.6) is 5.75 Å². The van der Waals surface area contributed by atoms with Gasteiger partial charge in [0.2, 0.25) is 0 Å². The molecule has 0 spiro atoms. The molecule has 5 heteroatoms. The van der Waals surface area contributed by atoms with E-state index in [4.69, 9.17) is 4.74 Å². The second kappa shape index (κ2) is 17.4. The topological polar surface area (TPSA) is 41.6 Å². The summed E-state index contributed by atoms with van der Waals surface area (Å²) in [6, 6.07) is 14.0. The number of hydrogen-bond donors (Lipinski definition) is 1. The average molecular weight is 565 g/mol. The van der Waals surface area contributed by atoms with Gasteiger partial charge in [0.1, 0.15) is 5.75 Å². The molecule has 0 fully saturated rings. The maximum atomic E-state index is 13.6. The molecule has 4 nitrogen and oxygen atoms in total. The third kappa shape index (κ3) is 10.9. The van der Waals surface area contributed by atoms with Crippen LogP contribution >= 0.6 is 11.8 Å². The number of benzene rings is 2. The van der Waals surface area contributed by atoms with E-state index in [9.17, 15) is 4.79 Å². The Morgan fingerprint density at radius 2 is 1.52 bits per heavy atom. The molecule has 1 N–H and O–H groups in total. The summed E-state index contributed by atoms with van der Waals surface area (Å²) < 4.78 is 6.40. The summed E-state index contributed by atoms with van der Waals surface area (Å²) in [4.78, 5) is 15.9. The van der Waals surface area contributed by atoms with Crippen molar-refractivity contribution >= 4 is 23.4 Å². The fourth-order valence-electron chi connectivity index (χ4n) is 5.18. The Morgan fingerprint density at radius 3 is 2.15 bits per heavy atom. The molecule has 0 bridgehead atoms. The van der Waals surface area contributed by atoms with Gasteiger partial charge in [-0.1, -0.05) is 129 Å². The van der Waals surface area contributed by atoms with E-state index >= 15 is 0 Å². The van der Waals surface area contributed by atoms with Crippen LogP contribution in [0.25, 0.3) is 0 Å². The lowest BCUT2D eigenvalue weighted by atomic mass is 9.85. The van der Waals surface area contributed by atoms with Gasteiger partial charge in [0.15, 0.2) is 0 Å². The van der Waals surface area contributed by atoms with E-state index < -0.39 is 0 Å². The minimum absolute atomic E-state index is 0.116. The van der Waals surface area contributed by atoms with Crippen LogP contribution in [0.3, 0.4) is 0 Å². The van der Waals surface area contributed by atoms with Crippen LogP contribution in [0, 0.1) is 0 Å². The van der Waals surface area contributed by atoms with Crippen molar-refractivity contribution in [3.63, 3.8) is 0 Å². The van der Waals surface area contributed by atoms with E-state index in [1.54, 1.807) is 11.8 Å². The maximum Gasteiger partial charge on any atom is 0.259 e. The van der Waals surface area contributed by atoms with Crippen LogP contribution in [0.1, 0.15) is 126 Å². The number of anilines is 1. The van der Waals surface area contributed by atoms with Crippen LogP contribution in [0.4, 0.5) is 5.69 Å². The predicted molar refractivity (Wildman–Crippen MR) is 173 cm³/mol. The number of nitrogens with one attached hydrogen (secondary N) is 1. The summed E-state index contributed by atoms with van der Waals surface area (Å²) in [5, 5.41) is 5.30. The van der Waals surface area contributed by atoms with E-state index in [-0.39, 0.29) is 11.3 Å². The standard InChI is InChI=1S/C35H52N2O2S/c1-5-6-7-8-9-10-11-12-13-14-15-18-25-39-33-30(21-19-22-31(33)35(2,3)4)34(38)36-32-23-17-16-20-29(32)27-37-24-26-40-28-37/h16-17,19-24,26H,5-15,18,25,27-28H2,1-4H3,(H,36,38). The Morgan fingerprint density at radius 1 is 0.875 bits per heavy atom. The zero-order valence-electron chi connectivity index (χ0n) is 25.5. The lowest BCUT2D eigenvalue weighted by Crippen LogP contribution is -2.20. The van der Waals surface area contributed by atoms with Crippen molar-refractivity contribution in [1.29, 1.82) is 0 Å². The van der Waals surface area contributed by atoms with Gasteiger partial charge in [-0.2, -0.15) is 0 Å². The molecule has 1 heterocycles. The van der Waals surface area contributed by atoms with E-state index in [0.29, 0.717) is 12.2 Å². The van der Waals surface area contributed by atoms with Crippen molar-refractivity contribution in [2.45, 2.75) is 117 Å². The molecule has 40 heavy (non-hydrogen) atoms. The summed E-state index contributed by atoms with van der Waals surface area (Å²) in [6.07, 6.45) is 17.9. The quantitative estimate of drug-likeness (QED) is 0.183. The van der Waals surface area contributed by atoms with Gasteiger partial charge in [0.05, 0.1) is 18.0 Å². The van der Waals surface area contributed by atoms with E-state index in [1.165, 1.54) is 70.6 Å². The second-order valence-electron chi connectivity index (χ2n) is 12.1. The first kappa shape index (κ1) is 32.1. The van der Waals surface area contributed by atoms with E-state index in [0.717, 1.165) is 41.4 Å². The highest BCUT2D eigenvalue weighted by atomic mass is 32.2. The number of nitrogens with zero attached hydrogens (tertiary/aromatic N) is 1. The molecule has 220 valence electrons. The smallest absolute Gasteiger partial charge is 0.259 e. The minimum atomic E-state index is -0.125. The highest BCUT2D eigenvalue weighted by molar-refractivity contribution is 8.02. The second-order valence-corrected chi connectivity index (χ2v) is 13.0. The highest BCUT2D eigenvalue weighted by Crippen LogP contribution is 2.35. The molecule has 1 amide bonds. The van der Waals surface area contributed by atoms with Crippen LogP contribution in [-0.4, -0.2) is 23.3 Å². The predicted octanol–water partition coefficient (Wildman–Crippen LogP) is 10.3. The molecule has 0 aromatic heterocycles. The number of rotatable bonds is 18. The number of carbonyl (C=O) groups is 1. The molecule has 2 aromatic rings. The molecular weight excluding hydrogens is 512 g/mol. The van der Waals surface area contributed by atoms with Crippen LogP contribution < -0.4 is 10.1 Å². The Kier molecular flexibility index (Phi) is 14.0. The maximum absolute atomic E-state index is 13.6. The van der Waals surface area contributed by atoms with Gasteiger partial charge in [-0.15, -0.1) is 11.8 Å². The van der Waals surface area contributed by atoms with Gasteiger partial charge in [0.25, 0.3) is 5.91 Å². The number of hydrogen-bond acceptors (Lipinski definition) is 4. The van der Waals surface area contributed by atoms with Gasteiger partial charge in [0, 0.05) is 24.0 Å². The number of carbonyl (C=O) groups excluding carboxylic acids is 1. The van der Waals surface area contributed by atoms with Gasteiger partial charge < -0.3 is 15.0 Å². The molecule has 0 atom stereocenters. The molecule has 0 saturated heterocycles. The van der Waals surface area contributed by atoms with Gasteiger partial charge in [-0.05, 0) is 34.9 Å². The Hall–Kier alpha value is -2.40. The van der Waals surface area contributed by atoms with Gasteiger partial charge in [-0.25, -0.2) is 0 Å². The molecule has 0 radical (unpaired) electrons. The average Bonchev–Trinajstić information content (AvgIpc) is 3.45. The van der Waals surface area contributed by atoms with Crippen molar-refractivity contribution in [2.24, 2.45) is 0 Å². The van der Waals surface area contributed by atoms with Crippen molar-refractivity contribution in [1.82, 2.24) is 4.90 Å². The van der Waals surface area contributed by atoms with Crippen molar-refractivity contribution in [3.8, 4) is 5.75 Å². The monoisotopic (exact) mass is 564 g/mol. The van der Waals surface area contributed by atoms with Crippen LogP contribution in [0.2, 0.25) is 0 Å². The van der Waals surface area contributed by atoms with Gasteiger partial charge in [-0.3, -0.25) is 4.79 Å². The molecule has 0 saturated carbocycles. The van der Waals surface area contributed by atoms with Crippen LogP contribution in [0.15, 0.2) is 54.1 Å². The summed E-state index contributed by atoms with van der Waals surface area (Å²) in [5.41, 5.74) is 3.52. The number of unbranched alkanes of at least 4 members (excludes halogenated alkanes) is 11. The molecule has 0 aliphatic carbocycles. The largest absolute Gasteiger partial charge is 0.492 e. The first-order valence-electron chi connectivity index (χ1n) is 15.6. The molecule has 0 unspecified atom stereocenters.